The smallest absolute Gasteiger partial charge is 0.318 e. The van der Waals surface area contributed by atoms with E-state index in [9.17, 15) is 0 Å². The Morgan fingerprint density at radius 3 is 3.11 bits per heavy atom. The number of rotatable bonds is 3. The van der Waals surface area contributed by atoms with Gasteiger partial charge in [0.1, 0.15) is 5.02 Å². The molecule has 1 aliphatic heterocycles. The SMILES string of the molecule is COc1ncc(Cl)c(N2CC(CN)OCC2C)n1. The number of hydrogen-bond acceptors (Lipinski definition) is 6. The van der Waals surface area contributed by atoms with Crippen LogP contribution < -0.4 is 15.4 Å². The van der Waals surface area contributed by atoms with Crippen LogP contribution >= 0.6 is 11.6 Å². The van der Waals surface area contributed by atoms with Crippen LogP contribution in [0.3, 0.4) is 0 Å². The summed E-state index contributed by atoms with van der Waals surface area (Å²) in [6.45, 7) is 3.79. The van der Waals surface area contributed by atoms with Gasteiger partial charge in [0.2, 0.25) is 0 Å². The van der Waals surface area contributed by atoms with E-state index in [1.54, 1.807) is 6.20 Å². The maximum Gasteiger partial charge on any atom is 0.318 e. The number of ether oxygens (including phenoxy) is 2. The Morgan fingerprint density at radius 2 is 2.44 bits per heavy atom. The highest BCUT2D eigenvalue weighted by atomic mass is 35.5. The first-order chi connectivity index (χ1) is 8.65. The molecule has 0 spiro atoms. The number of halogens is 1. The van der Waals surface area contributed by atoms with Gasteiger partial charge in [0.15, 0.2) is 5.82 Å². The van der Waals surface area contributed by atoms with Gasteiger partial charge >= 0.3 is 6.01 Å². The minimum Gasteiger partial charge on any atom is -0.467 e. The molecular formula is C11H17ClN4O2. The third-order valence-corrected chi connectivity index (χ3v) is 3.19. The third kappa shape index (κ3) is 2.66. The Kier molecular flexibility index (Phi) is 4.21. The summed E-state index contributed by atoms with van der Waals surface area (Å²) in [5.41, 5.74) is 5.64. The topological polar surface area (TPSA) is 73.5 Å². The van der Waals surface area contributed by atoms with E-state index in [4.69, 9.17) is 26.8 Å². The van der Waals surface area contributed by atoms with Gasteiger partial charge in [-0.15, -0.1) is 0 Å². The second kappa shape index (κ2) is 5.69. The molecule has 0 saturated carbocycles. The average molecular weight is 273 g/mol. The molecule has 6 nitrogen and oxygen atoms in total. The van der Waals surface area contributed by atoms with Crippen LogP contribution in [0.5, 0.6) is 6.01 Å². The molecule has 1 aromatic rings. The van der Waals surface area contributed by atoms with Crippen molar-refractivity contribution in [1.82, 2.24) is 9.97 Å². The van der Waals surface area contributed by atoms with Crippen molar-refractivity contribution in [3.05, 3.63) is 11.2 Å². The highest BCUT2D eigenvalue weighted by Crippen LogP contribution is 2.28. The van der Waals surface area contributed by atoms with Crippen LogP contribution in [0, 0.1) is 0 Å². The largest absolute Gasteiger partial charge is 0.467 e. The van der Waals surface area contributed by atoms with E-state index in [1.807, 2.05) is 0 Å². The number of nitrogens with two attached hydrogens (primary N) is 1. The number of aromatic nitrogens is 2. The van der Waals surface area contributed by atoms with Crippen molar-refractivity contribution in [3.63, 3.8) is 0 Å². The number of methoxy groups -OCH3 is 1. The Bertz CT molecular complexity index is 418. The van der Waals surface area contributed by atoms with E-state index in [2.05, 4.69) is 21.8 Å². The summed E-state index contributed by atoms with van der Waals surface area (Å²) in [6, 6.07) is 0.488. The van der Waals surface area contributed by atoms with Crippen LogP contribution in [0.2, 0.25) is 5.02 Å². The zero-order valence-electron chi connectivity index (χ0n) is 10.5. The summed E-state index contributed by atoms with van der Waals surface area (Å²) in [6.07, 6.45) is 1.54. The fourth-order valence-electron chi connectivity index (χ4n) is 1.90. The summed E-state index contributed by atoms with van der Waals surface area (Å²) >= 11 is 6.15. The fraction of sp³-hybridized carbons (Fsp3) is 0.636. The number of anilines is 1. The van der Waals surface area contributed by atoms with Gasteiger partial charge in [-0.1, -0.05) is 11.6 Å². The standard InChI is InChI=1S/C11H17ClN4O2/c1-7-6-18-8(3-13)5-16(7)10-9(12)4-14-11(15-10)17-2/h4,7-8H,3,5-6,13H2,1-2H3. The van der Waals surface area contributed by atoms with E-state index < -0.39 is 0 Å². The summed E-state index contributed by atoms with van der Waals surface area (Å²) in [4.78, 5) is 10.3. The van der Waals surface area contributed by atoms with Crippen molar-refractivity contribution in [2.75, 3.05) is 31.7 Å². The molecule has 100 valence electrons. The third-order valence-electron chi connectivity index (χ3n) is 2.93. The van der Waals surface area contributed by atoms with Crippen molar-refractivity contribution in [2.24, 2.45) is 5.73 Å². The second-order valence-corrected chi connectivity index (χ2v) is 4.63. The van der Waals surface area contributed by atoms with Crippen molar-refractivity contribution in [1.29, 1.82) is 0 Å². The van der Waals surface area contributed by atoms with Crippen LogP contribution in [0.25, 0.3) is 0 Å². The fourth-order valence-corrected chi connectivity index (χ4v) is 2.10. The van der Waals surface area contributed by atoms with Gasteiger partial charge in [0.25, 0.3) is 0 Å². The van der Waals surface area contributed by atoms with E-state index in [-0.39, 0.29) is 12.1 Å². The molecule has 1 fully saturated rings. The van der Waals surface area contributed by atoms with Crippen LogP contribution in [0.1, 0.15) is 6.92 Å². The van der Waals surface area contributed by atoms with Gasteiger partial charge < -0.3 is 20.1 Å². The molecule has 0 aromatic carbocycles. The average Bonchev–Trinajstić information content (AvgIpc) is 2.40. The molecule has 0 bridgehead atoms. The first-order valence-corrected chi connectivity index (χ1v) is 6.18. The summed E-state index contributed by atoms with van der Waals surface area (Å²) < 4.78 is 10.6. The van der Waals surface area contributed by atoms with Gasteiger partial charge in [0.05, 0.1) is 32.1 Å². The molecule has 7 heteroatoms. The predicted octanol–water partition coefficient (Wildman–Crippen LogP) is 0.691. The van der Waals surface area contributed by atoms with Crippen molar-refractivity contribution >= 4 is 17.4 Å². The molecule has 1 aliphatic rings. The number of hydrogen-bond donors (Lipinski definition) is 1. The predicted molar refractivity (Wildman–Crippen MR) is 69.2 cm³/mol. The lowest BCUT2D eigenvalue weighted by Crippen LogP contribution is -2.51. The van der Waals surface area contributed by atoms with Crippen LogP contribution in [0.4, 0.5) is 5.82 Å². The molecule has 0 radical (unpaired) electrons. The molecule has 1 aromatic heterocycles. The van der Waals surface area contributed by atoms with Crippen molar-refractivity contribution < 1.29 is 9.47 Å². The lowest BCUT2D eigenvalue weighted by molar-refractivity contribution is 0.0279. The molecule has 0 amide bonds. The quantitative estimate of drug-likeness (QED) is 0.873. The van der Waals surface area contributed by atoms with Crippen LogP contribution in [-0.2, 0) is 4.74 Å². The van der Waals surface area contributed by atoms with E-state index in [1.165, 1.54) is 7.11 Å². The van der Waals surface area contributed by atoms with E-state index in [0.717, 1.165) is 0 Å². The van der Waals surface area contributed by atoms with Gasteiger partial charge in [-0.05, 0) is 6.92 Å². The molecule has 0 aliphatic carbocycles. The molecule has 2 unspecified atom stereocenters. The van der Waals surface area contributed by atoms with Crippen molar-refractivity contribution in [3.8, 4) is 6.01 Å². The summed E-state index contributed by atoms with van der Waals surface area (Å²) in [7, 11) is 1.53. The molecular weight excluding hydrogens is 256 g/mol. The summed E-state index contributed by atoms with van der Waals surface area (Å²) in [5, 5.41) is 0.500. The minimum atomic E-state index is -0.00164. The lowest BCUT2D eigenvalue weighted by Gasteiger charge is -2.38. The highest BCUT2D eigenvalue weighted by Gasteiger charge is 2.28. The molecule has 2 N–H and O–H groups in total. The normalized spacial score (nSPS) is 24.1. The molecule has 1 saturated heterocycles. The lowest BCUT2D eigenvalue weighted by atomic mass is 10.2. The summed E-state index contributed by atoms with van der Waals surface area (Å²) in [5.74, 6) is 0.665. The Hall–Kier alpha value is -1.11. The zero-order chi connectivity index (χ0) is 13.1. The van der Waals surface area contributed by atoms with Gasteiger partial charge in [0, 0.05) is 13.1 Å². The minimum absolute atomic E-state index is 0.00164. The molecule has 2 rings (SSSR count). The van der Waals surface area contributed by atoms with Crippen LogP contribution in [0.15, 0.2) is 6.20 Å². The monoisotopic (exact) mass is 272 g/mol. The zero-order valence-corrected chi connectivity index (χ0v) is 11.2. The molecule has 18 heavy (non-hydrogen) atoms. The first-order valence-electron chi connectivity index (χ1n) is 5.80. The number of morpholine rings is 1. The highest BCUT2D eigenvalue weighted by molar-refractivity contribution is 6.32. The van der Waals surface area contributed by atoms with E-state index in [0.29, 0.717) is 36.5 Å². The van der Waals surface area contributed by atoms with Crippen LogP contribution in [-0.4, -0.2) is 48.9 Å². The van der Waals surface area contributed by atoms with Crippen molar-refractivity contribution in [2.45, 2.75) is 19.1 Å². The Balaban J connectivity index is 2.27. The van der Waals surface area contributed by atoms with Gasteiger partial charge in [-0.25, -0.2) is 4.98 Å². The number of nitrogens with zero attached hydrogens (tertiary/aromatic N) is 3. The van der Waals surface area contributed by atoms with E-state index >= 15 is 0 Å². The maximum absolute atomic E-state index is 6.15. The Labute approximate surface area is 111 Å². The maximum atomic E-state index is 6.15. The Morgan fingerprint density at radius 1 is 1.67 bits per heavy atom. The van der Waals surface area contributed by atoms with Gasteiger partial charge in [-0.2, -0.15) is 4.98 Å². The first kappa shape index (κ1) is 13.3. The second-order valence-electron chi connectivity index (χ2n) is 4.22. The van der Waals surface area contributed by atoms with Gasteiger partial charge in [-0.3, -0.25) is 0 Å². The molecule has 2 atom stereocenters. The molecule has 2 heterocycles.